The predicted molar refractivity (Wildman–Crippen MR) is 110 cm³/mol. The third kappa shape index (κ3) is 2.81. The van der Waals surface area contributed by atoms with Gasteiger partial charge in [0.15, 0.2) is 5.65 Å². The molecular formula is C22H28N4O. The van der Waals surface area contributed by atoms with Crippen molar-refractivity contribution in [2.24, 2.45) is 0 Å². The van der Waals surface area contributed by atoms with Gasteiger partial charge in [0.05, 0.1) is 17.9 Å². The predicted octanol–water partition coefficient (Wildman–Crippen LogP) is 3.95. The zero-order chi connectivity index (χ0) is 19.3. The van der Waals surface area contributed by atoms with Gasteiger partial charge in [0.2, 0.25) is 0 Å². The van der Waals surface area contributed by atoms with Crippen LogP contribution in [0.4, 0.5) is 5.82 Å². The van der Waals surface area contributed by atoms with Gasteiger partial charge in [-0.25, -0.2) is 4.98 Å². The van der Waals surface area contributed by atoms with Gasteiger partial charge in [-0.05, 0) is 57.7 Å². The van der Waals surface area contributed by atoms with Gasteiger partial charge in [0.25, 0.3) is 0 Å². The molecule has 0 amide bonds. The molecular weight excluding hydrogens is 336 g/mol. The zero-order valence-electron chi connectivity index (χ0n) is 17.2. The molecule has 0 bridgehead atoms. The summed E-state index contributed by atoms with van der Waals surface area (Å²) < 4.78 is 7.38. The van der Waals surface area contributed by atoms with E-state index in [4.69, 9.17) is 14.8 Å². The summed E-state index contributed by atoms with van der Waals surface area (Å²) in [7, 11) is 1.75. The van der Waals surface area contributed by atoms with Gasteiger partial charge in [-0.3, -0.25) is 0 Å². The highest BCUT2D eigenvalue weighted by Gasteiger charge is 2.28. The third-order valence-corrected chi connectivity index (χ3v) is 5.64. The number of rotatable bonds is 4. The molecule has 1 aliphatic rings. The minimum absolute atomic E-state index is 0.714. The molecule has 2 aromatic heterocycles. The number of aromatic nitrogens is 3. The number of hydrogen-bond acceptors (Lipinski definition) is 4. The molecule has 0 unspecified atom stereocenters. The van der Waals surface area contributed by atoms with Crippen molar-refractivity contribution in [1.82, 2.24) is 14.6 Å². The van der Waals surface area contributed by atoms with Crippen LogP contribution >= 0.6 is 0 Å². The van der Waals surface area contributed by atoms with Gasteiger partial charge in [-0.1, -0.05) is 17.7 Å². The summed E-state index contributed by atoms with van der Waals surface area (Å²) in [6, 6.07) is 4.49. The van der Waals surface area contributed by atoms with Crippen LogP contribution < -0.4 is 4.90 Å². The van der Waals surface area contributed by atoms with E-state index >= 15 is 0 Å². The maximum absolute atomic E-state index is 5.32. The van der Waals surface area contributed by atoms with Gasteiger partial charge in [-0.15, -0.1) is 0 Å². The van der Waals surface area contributed by atoms with E-state index < -0.39 is 0 Å². The Morgan fingerprint density at radius 2 is 1.70 bits per heavy atom. The highest BCUT2D eigenvalue weighted by Crippen LogP contribution is 2.37. The van der Waals surface area contributed by atoms with E-state index in [2.05, 4.69) is 56.2 Å². The minimum Gasteiger partial charge on any atom is -0.383 e. The van der Waals surface area contributed by atoms with Crippen molar-refractivity contribution in [1.29, 1.82) is 0 Å². The van der Waals surface area contributed by atoms with Crippen LogP contribution in [0, 0.1) is 34.6 Å². The summed E-state index contributed by atoms with van der Waals surface area (Å²) in [5.74, 6) is 1.19. The summed E-state index contributed by atoms with van der Waals surface area (Å²) in [6.45, 7) is 13.3. The minimum atomic E-state index is 0.714. The van der Waals surface area contributed by atoms with E-state index in [1.807, 2.05) is 0 Å². The van der Waals surface area contributed by atoms with Crippen molar-refractivity contribution in [2.45, 2.75) is 41.0 Å². The smallest absolute Gasteiger partial charge is 0.165 e. The Morgan fingerprint density at radius 3 is 2.37 bits per heavy atom. The molecule has 4 rings (SSSR count). The van der Waals surface area contributed by atoms with Gasteiger partial charge in [-0.2, -0.15) is 9.61 Å². The number of nitrogens with zero attached hydrogens (tertiary/aromatic N) is 4. The molecule has 0 saturated carbocycles. The molecule has 0 radical (unpaired) electrons. The van der Waals surface area contributed by atoms with Crippen LogP contribution in [-0.4, -0.2) is 41.4 Å². The molecule has 0 spiro atoms. The molecule has 0 fully saturated rings. The fraction of sp³-hybridized carbons (Fsp3) is 0.455. The Hall–Kier alpha value is -2.40. The lowest BCUT2D eigenvalue weighted by molar-refractivity contribution is 0.205. The average Bonchev–Trinajstić information content (AvgIpc) is 3.15. The lowest BCUT2D eigenvalue weighted by Gasteiger charge is -2.20. The first-order valence-electron chi connectivity index (χ1n) is 9.63. The molecule has 0 saturated heterocycles. The highest BCUT2D eigenvalue weighted by molar-refractivity contribution is 5.85. The molecule has 142 valence electrons. The first-order chi connectivity index (χ1) is 12.9. The van der Waals surface area contributed by atoms with E-state index in [1.165, 1.54) is 33.6 Å². The Bertz CT molecular complexity index is 1010. The van der Waals surface area contributed by atoms with Crippen molar-refractivity contribution in [3.8, 4) is 11.1 Å². The summed E-state index contributed by atoms with van der Waals surface area (Å²) in [5.41, 5.74) is 10.7. The van der Waals surface area contributed by atoms with Crippen LogP contribution in [0.1, 0.15) is 33.6 Å². The normalized spacial score (nSPS) is 13.6. The first-order valence-corrected chi connectivity index (χ1v) is 9.63. The quantitative estimate of drug-likeness (QED) is 0.703. The Labute approximate surface area is 161 Å². The topological polar surface area (TPSA) is 42.7 Å². The van der Waals surface area contributed by atoms with Gasteiger partial charge >= 0.3 is 0 Å². The SMILES string of the molecule is COCCN1CCc2c(C)nc3c(-c4c(C)cc(C)cc4C)c(C)nn3c21. The fourth-order valence-electron chi connectivity index (χ4n) is 4.54. The summed E-state index contributed by atoms with van der Waals surface area (Å²) in [6.07, 6.45) is 1.02. The van der Waals surface area contributed by atoms with Crippen LogP contribution in [0.3, 0.4) is 0 Å². The van der Waals surface area contributed by atoms with Crippen molar-refractivity contribution < 1.29 is 4.74 Å². The molecule has 5 heteroatoms. The fourth-order valence-corrected chi connectivity index (χ4v) is 4.54. The van der Waals surface area contributed by atoms with Crippen LogP contribution in [-0.2, 0) is 11.2 Å². The monoisotopic (exact) mass is 364 g/mol. The van der Waals surface area contributed by atoms with Gasteiger partial charge < -0.3 is 9.64 Å². The van der Waals surface area contributed by atoms with Crippen molar-refractivity contribution in [3.63, 3.8) is 0 Å². The van der Waals surface area contributed by atoms with Crippen LogP contribution in [0.2, 0.25) is 0 Å². The molecule has 0 atom stereocenters. The molecule has 3 heterocycles. The average molecular weight is 364 g/mol. The standard InChI is InChI=1S/C22H28N4O/c1-13-11-14(2)19(15(3)12-13)20-17(5)24-26-21(20)23-16(4)18-7-8-25(22(18)26)9-10-27-6/h11-12H,7-10H2,1-6H3. The number of fused-ring (bicyclic) bond motifs is 3. The Morgan fingerprint density at radius 1 is 1.00 bits per heavy atom. The van der Waals surface area contributed by atoms with Crippen LogP contribution in [0.25, 0.3) is 16.8 Å². The third-order valence-electron chi connectivity index (χ3n) is 5.64. The van der Waals surface area contributed by atoms with Crippen molar-refractivity contribution >= 4 is 11.5 Å². The maximum atomic E-state index is 5.32. The van der Waals surface area contributed by atoms with E-state index in [0.29, 0.717) is 6.61 Å². The van der Waals surface area contributed by atoms with Gasteiger partial charge in [0, 0.05) is 31.5 Å². The second kappa shape index (κ2) is 6.64. The maximum Gasteiger partial charge on any atom is 0.165 e. The van der Waals surface area contributed by atoms with E-state index in [-0.39, 0.29) is 0 Å². The molecule has 27 heavy (non-hydrogen) atoms. The summed E-state index contributed by atoms with van der Waals surface area (Å²) >= 11 is 0. The lowest BCUT2D eigenvalue weighted by Crippen LogP contribution is -2.26. The molecule has 1 aliphatic heterocycles. The molecule has 0 N–H and O–H groups in total. The number of aryl methyl sites for hydroxylation is 5. The lowest BCUT2D eigenvalue weighted by atomic mass is 9.94. The second-order valence-electron chi connectivity index (χ2n) is 7.70. The van der Waals surface area contributed by atoms with E-state index in [0.717, 1.165) is 42.1 Å². The van der Waals surface area contributed by atoms with Gasteiger partial charge in [0.1, 0.15) is 5.82 Å². The zero-order valence-corrected chi connectivity index (χ0v) is 17.2. The number of benzene rings is 1. The molecule has 5 nitrogen and oxygen atoms in total. The van der Waals surface area contributed by atoms with Crippen molar-refractivity contribution in [2.75, 3.05) is 31.7 Å². The number of ether oxygens (including phenoxy) is 1. The molecule has 3 aromatic rings. The number of anilines is 1. The Kier molecular flexibility index (Phi) is 4.42. The second-order valence-corrected chi connectivity index (χ2v) is 7.70. The summed E-state index contributed by atoms with van der Waals surface area (Å²) in [4.78, 5) is 7.39. The van der Waals surface area contributed by atoms with E-state index in [1.54, 1.807) is 7.11 Å². The largest absolute Gasteiger partial charge is 0.383 e. The first kappa shape index (κ1) is 18.0. The summed E-state index contributed by atoms with van der Waals surface area (Å²) in [5, 5.41) is 4.94. The molecule has 1 aromatic carbocycles. The van der Waals surface area contributed by atoms with E-state index in [9.17, 15) is 0 Å². The Balaban J connectivity index is 1.98. The van der Waals surface area contributed by atoms with Crippen LogP contribution in [0.5, 0.6) is 0 Å². The van der Waals surface area contributed by atoms with Crippen LogP contribution in [0.15, 0.2) is 12.1 Å². The highest BCUT2D eigenvalue weighted by atomic mass is 16.5. The number of methoxy groups -OCH3 is 1. The molecule has 0 aliphatic carbocycles. The van der Waals surface area contributed by atoms with Crippen molar-refractivity contribution in [3.05, 3.63) is 45.8 Å². The number of hydrogen-bond donors (Lipinski definition) is 0.